The summed E-state index contributed by atoms with van der Waals surface area (Å²) in [4.78, 5) is 12.9. The van der Waals surface area contributed by atoms with Crippen LogP contribution in [-0.4, -0.2) is 42.2 Å². The third-order valence-electron chi connectivity index (χ3n) is 5.65. The second kappa shape index (κ2) is 7.82. The maximum absolute atomic E-state index is 10.9. The Morgan fingerprint density at radius 1 is 1.18 bits per heavy atom. The lowest BCUT2D eigenvalue weighted by atomic mass is 9.74. The lowest BCUT2D eigenvalue weighted by molar-refractivity contribution is -0.138. The van der Waals surface area contributed by atoms with E-state index in [1.165, 1.54) is 5.56 Å². The molecule has 0 unspecified atom stereocenters. The number of ether oxygens (including phenoxy) is 2. The van der Waals surface area contributed by atoms with E-state index in [1.54, 1.807) is 18.2 Å². The molecular formula is C21H21Cl2NO4. The molecule has 1 N–H and O–H groups in total. The summed E-state index contributed by atoms with van der Waals surface area (Å²) >= 11 is 12.4. The monoisotopic (exact) mass is 421 g/mol. The van der Waals surface area contributed by atoms with Gasteiger partial charge in [0.1, 0.15) is 18.1 Å². The molecule has 1 fully saturated rings. The van der Waals surface area contributed by atoms with Crippen molar-refractivity contribution in [1.82, 2.24) is 4.90 Å². The minimum absolute atomic E-state index is 0.0328. The quantitative estimate of drug-likeness (QED) is 0.775. The summed E-state index contributed by atoms with van der Waals surface area (Å²) in [5.74, 6) is 0.768. The highest BCUT2D eigenvalue weighted by Crippen LogP contribution is 2.46. The Labute approximate surface area is 173 Å². The molecule has 1 spiro atoms. The lowest BCUT2D eigenvalue weighted by Crippen LogP contribution is -2.45. The van der Waals surface area contributed by atoms with Gasteiger partial charge in [0.05, 0.1) is 13.2 Å². The smallest absolute Gasteiger partial charge is 0.317 e. The summed E-state index contributed by atoms with van der Waals surface area (Å²) in [6.45, 7) is 2.54. The number of halogens is 2. The van der Waals surface area contributed by atoms with Crippen molar-refractivity contribution >= 4 is 29.2 Å². The number of piperidine rings is 1. The van der Waals surface area contributed by atoms with Gasteiger partial charge >= 0.3 is 5.97 Å². The molecule has 4 rings (SSSR count). The predicted molar refractivity (Wildman–Crippen MR) is 108 cm³/mol. The van der Waals surface area contributed by atoms with Crippen molar-refractivity contribution in [3.63, 3.8) is 0 Å². The highest BCUT2D eigenvalue weighted by Gasteiger charge is 2.43. The fraction of sp³-hybridized carbons (Fsp3) is 0.381. The van der Waals surface area contributed by atoms with Crippen molar-refractivity contribution in [2.24, 2.45) is 0 Å². The highest BCUT2D eigenvalue weighted by atomic mass is 35.5. The Hall–Kier alpha value is -1.95. The average molecular weight is 422 g/mol. The second-order valence-electron chi connectivity index (χ2n) is 7.39. The van der Waals surface area contributed by atoms with Crippen LogP contribution in [0.2, 0.25) is 10.0 Å². The van der Waals surface area contributed by atoms with E-state index in [0.717, 1.165) is 37.2 Å². The predicted octanol–water partition coefficient (Wildman–Crippen LogP) is 4.38. The van der Waals surface area contributed by atoms with Gasteiger partial charge in [-0.2, -0.15) is 0 Å². The number of carboxylic acids is 1. The molecule has 0 bridgehead atoms. The number of likely N-dealkylation sites (tertiary alicyclic amines) is 1. The molecule has 148 valence electrons. The number of hydrogen-bond donors (Lipinski definition) is 1. The number of aliphatic carboxylic acids is 1. The molecule has 2 aliphatic heterocycles. The number of hydrogen-bond acceptors (Lipinski definition) is 4. The van der Waals surface area contributed by atoms with Crippen LogP contribution < -0.4 is 9.47 Å². The van der Waals surface area contributed by atoms with E-state index in [9.17, 15) is 4.79 Å². The molecule has 2 aliphatic rings. The van der Waals surface area contributed by atoms with Crippen LogP contribution in [0.15, 0.2) is 36.4 Å². The largest absolute Gasteiger partial charge is 0.492 e. The van der Waals surface area contributed by atoms with Gasteiger partial charge < -0.3 is 14.6 Å². The van der Waals surface area contributed by atoms with Gasteiger partial charge in [0.2, 0.25) is 0 Å². The zero-order chi connectivity index (χ0) is 19.7. The first-order valence-corrected chi connectivity index (χ1v) is 10.00. The van der Waals surface area contributed by atoms with E-state index < -0.39 is 5.97 Å². The van der Waals surface area contributed by atoms with Crippen LogP contribution in [0.4, 0.5) is 0 Å². The van der Waals surface area contributed by atoms with Crippen LogP contribution in [-0.2, 0) is 16.8 Å². The average Bonchev–Trinajstić information content (AvgIpc) is 3.01. The van der Waals surface area contributed by atoms with Gasteiger partial charge in [-0.15, -0.1) is 0 Å². The Kier molecular flexibility index (Phi) is 5.41. The Morgan fingerprint density at radius 3 is 2.57 bits per heavy atom. The van der Waals surface area contributed by atoms with Crippen molar-refractivity contribution in [3.8, 4) is 11.5 Å². The van der Waals surface area contributed by atoms with E-state index in [2.05, 4.69) is 6.07 Å². The molecule has 7 heteroatoms. The first-order valence-electron chi connectivity index (χ1n) is 9.24. The number of benzene rings is 2. The number of rotatable bonds is 5. The van der Waals surface area contributed by atoms with E-state index in [4.69, 9.17) is 37.8 Å². The fourth-order valence-corrected chi connectivity index (χ4v) is 4.52. The van der Waals surface area contributed by atoms with Crippen LogP contribution >= 0.6 is 23.2 Å². The number of carboxylic acid groups (broad SMARTS) is 1. The molecule has 2 heterocycles. The van der Waals surface area contributed by atoms with Gasteiger partial charge in [-0.25, -0.2) is 0 Å². The minimum Gasteiger partial charge on any atom is -0.492 e. The van der Waals surface area contributed by atoms with Gasteiger partial charge in [0.15, 0.2) is 0 Å². The van der Waals surface area contributed by atoms with E-state index in [1.807, 2.05) is 17.0 Å². The molecule has 0 saturated carbocycles. The molecule has 2 aromatic carbocycles. The van der Waals surface area contributed by atoms with Gasteiger partial charge in [-0.3, -0.25) is 9.69 Å². The summed E-state index contributed by atoms with van der Waals surface area (Å²) < 4.78 is 11.9. The van der Waals surface area contributed by atoms with E-state index >= 15 is 0 Å². The SMILES string of the molecule is O=C(O)CN1CCC2(CC1)COc1cc(OCc3c(Cl)cccc3Cl)ccc12. The topological polar surface area (TPSA) is 59.0 Å². The molecule has 0 atom stereocenters. The molecule has 1 saturated heterocycles. The van der Waals surface area contributed by atoms with Crippen LogP contribution in [0, 0.1) is 0 Å². The maximum Gasteiger partial charge on any atom is 0.317 e. The van der Waals surface area contributed by atoms with Crippen molar-refractivity contribution in [2.45, 2.75) is 24.9 Å². The van der Waals surface area contributed by atoms with Crippen LogP contribution in [0.5, 0.6) is 11.5 Å². The Bertz CT molecular complexity index is 874. The molecule has 5 nitrogen and oxygen atoms in total. The Morgan fingerprint density at radius 2 is 1.89 bits per heavy atom. The standard InChI is InChI=1S/C21H21Cl2NO4/c22-17-2-1-3-18(23)15(17)12-27-14-4-5-16-19(10-14)28-13-21(16)6-8-24(9-7-21)11-20(25)26/h1-5,10H,6-9,11-13H2,(H,25,26). The molecule has 0 radical (unpaired) electrons. The summed E-state index contributed by atoms with van der Waals surface area (Å²) in [5.41, 5.74) is 1.91. The summed E-state index contributed by atoms with van der Waals surface area (Å²) in [7, 11) is 0. The van der Waals surface area contributed by atoms with Gasteiger partial charge in [-0.05, 0) is 44.1 Å². The number of nitrogens with zero attached hydrogens (tertiary/aromatic N) is 1. The molecular weight excluding hydrogens is 401 g/mol. The first-order chi connectivity index (χ1) is 13.5. The van der Waals surface area contributed by atoms with Crippen molar-refractivity contribution in [3.05, 3.63) is 57.6 Å². The van der Waals surface area contributed by atoms with Gasteiger partial charge in [-0.1, -0.05) is 35.3 Å². The van der Waals surface area contributed by atoms with Crippen molar-refractivity contribution < 1.29 is 19.4 Å². The van der Waals surface area contributed by atoms with Crippen LogP contribution in [0.1, 0.15) is 24.0 Å². The first kappa shape index (κ1) is 19.4. The Balaban J connectivity index is 1.45. The molecule has 0 aliphatic carbocycles. The van der Waals surface area contributed by atoms with E-state index in [-0.39, 0.29) is 18.6 Å². The molecule has 28 heavy (non-hydrogen) atoms. The van der Waals surface area contributed by atoms with E-state index in [0.29, 0.717) is 22.4 Å². The third-order valence-corrected chi connectivity index (χ3v) is 6.35. The zero-order valence-electron chi connectivity index (χ0n) is 15.3. The molecule has 0 amide bonds. The van der Waals surface area contributed by atoms with Gasteiger partial charge in [0, 0.05) is 32.7 Å². The summed E-state index contributed by atoms with van der Waals surface area (Å²) in [6, 6.07) is 11.3. The summed E-state index contributed by atoms with van der Waals surface area (Å²) in [5, 5.41) is 10.1. The van der Waals surface area contributed by atoms with Crippen molar-refractivity contribution in [2.75, 3.05) is 26.2 Å². The third kappa shape index (κ3) is 3.79. The van der Waals surface area contributed by atoms with Crippen LogP contribution in [0.3, 0.4) is 0 Å². The van der Waals surface area contributed by atoms with Crippen LogP contribution in [0.25, 0.3) is 0 Å². The maximum atomic E-state index is 10.9. The lowest BCUT2D eigenvalue weighted by Gasteiger charge is -2.37. The number of carbonyl (C=O) groups is 1. The number of fused-ring (bicyclic) bond motifs is 2. The molecule has 2 aromatic rings. The van der Waals surface area contributed by atoms with Gasteiger partial charge in [0.25, 0.3) is 0 Å². The van der Waals surface area contributed by atoms with Crippen molar-refractivity contribution in [1.29, 1.82) is 0 Å². The fourth-order valence-electron chi connectivity index (χ4n) is 4.01. The second-order valence-corrected chi connectivity index (χ2v) is 8.20. The highest BCUT2D eigenvalue weighted by molar-refractivity contribution is 6.35. The zero-order valence-corrected chi connectivity index (χ0v) is 16.8. The molecule has 0 aromatic heterocycles. The normalized spacial score (nSPS) is 17.9. The summed E-state index contributed by atoms with van der Waals surface area (Å²) in [6.07, 6.45) is 1.78. The minimum atomic E-state index is -0.778.